The number of benzene rings is 1. The molecule has 0 heterocycles. The van der Waals surface area contributed by atoms with Crippen molar-refractivity contribution >= 4 is 11.9 Å². The van der Waals surface area contributed by atoms with Crippen LogP contribution >= 0.6 is 0 Å². The van der Waals surface area contributed by atoms with Crippen molar-refractivity contribution in [2.24, 2.45) is 0 Å². The Morgan fingerprint density at radius 2 is 2.00 bits per heavy atom. The molecule has 0 aromatic heterocycles. The number of carboxylic acid groups (broad SMARTS) is 1. The number of aliphatic hydroxyl groups excluding tert-OH is 1. The summed E-state index contributed by atoms with van der Waals surface area (Å²) in [4.78, 5) is 21.6. The highest BCUT2D eigenvalue weighted by Crippen LogP contribution is 2.06. The summed E-state index contributed by atoms with van der Waals surface area (Å²) in [6.45, 7) is -0.400. The molecule has 0 unspecified atom stereocenters. The molecule has 5 nitrogen and oxygen atoms in total. The monoisotopic (exact) mass is 241 g/mol. The second-order valence-corrected chi connectivity index (χ2v) is 3.43. The maximum atomic E-state index is 13.2. The van der Waals surface area contributed by atoms with Crippen LogP contribution in [0.5, 0.6) is 0 Å². The van der Waals surface area contributed by atoms with Crippen LogP contribution in [0.4, 0.5) is 4.39 Å². The van der Waals surface area contributed by atoms with E-state index in [1.54, 1.807) is 6.07 Å². The van der Waals surface area contributed by atoms with E-state index < -0.39 is 30.3 Å². The molecular weight excluding hydrogens is 229 g/mol. The van der Waals surface area contributed by atoms with Crippen molar-refractivity contribution in [3.63, 3.8) is 0 Å². The summed E-state index contributed by atoms with van der Waals surface area (Å²) in [6, 6.07) is 5.79. The first-order valence-electron chi connectivity index (χ1n) is 4.91. The molecule has 0 bridgehead atoms. The molecule has 0 spiro atoms. The zero-order valence-electron chi connectivity index (χ0n) is 8.89. The third kappa shape index (κ3) is 4.20. The van der Waals surface area contributed by atoms with Crippen LogP contribution in [-0.2, 0) is 16.0 Å². The number of rotatable bonds is 5. The molecule has 0 saturated heterocycles. The SMILES string of the molecule is O=C(Cc1ccccc1F)NC[C@H](O)C(=O)O. The predicted octanol–water partition coefficient (Wildman–Crippen LogP) is -0.0701. The Labute approximate surface area is 96.9 Å². The Bertz CT molecular complexity index is 422. The Hall–Kier alpha value is -1.95. The second kappa shape index (κ2) is 5.95. The molecule has 0 aliphatic carbocycles. The molecule has 0 aliphatic rings. The maximum absolute atomic E-state index is 13.2. The number of aliphatic hydroxyl groups is 1. The van der Waals surface area contributed by atoms with Gasteiger partial charge in [0.1, 0.15) is 5.82 Å². The van der Waals surface area contributed by atoms with E-state index in [0.717, 1.165) is 0 Å². The average Bonchev–Trinajstić information content (AvgIpc) is 2.29. The lowest BCUT2D eigenvalue weighted by molar-refractivity contribution is -0.146. The number of carbonyl (C=O) groups is 2. The summed E-state index contributed by atoms with van der Waals surface area (Å²) >= 11 is 0. The molecule has 3 N–H and O–H groups in total. The number of carbonyl (C=O) groups excluding carboxylic acids is 1. The minimum Gasteiger partial charge on any atom is -0.479 e. The highest BCUT2D eigenvalue weighted by Gasteiger charge is 2.14. The molecule has 1 rings (SSSR count). The zero-order chi connectivity index (χ0) is 12.8. The van der Waals surface area contributed by atoms with Gasteiger partial charge in [0.2, 0.25) is 5.91 Å². The Kier molecular flexibility index (Phi) is 4.59. The molecule has 92 valence electrons. The van der Waals surface area contributed by atoms with E-state index in [9.17, 15) is 14.0 Å². The maximum Gasteiger partial charge on any atom is 0.334 e. The van der Waals surface area contributed by atoms with Gasteiger partial charge < -0.3 is 15.5 Å². The van der Waals surface area contributed by atoms with Crippen LogP contribution in [0.2, 0.25) is 0 Å². The quantitative estimate of drug-likeness (QED) is 0.673. The van der Waals surface area contributed by atoms with Gasteiger partial charge in [0, 0.05) is 0 Å². The van der Waals surface area contributed by atoms with Gasteiger partial charge in [-0.25, -0.2) is 9.18 Å². The van der Waals surface area contributed by atoms with Gasteiger partial charge in [-0.05, 0) is 11.6 Å². The fourth-order valence-corrected chi connectivity index (χ4v) is 1.18. The van der Waals surface area contributed by atoms with Crippen molar-refractivity contribution in [1.29, 1.82) is 0 Å². The first-order valence-corrected chi connectivity index (χ1v) is 4.91. The van der Waals surface area contributed by atoms with E-state index in [4.69, 9.17) is 10.2 Å². The minimum absolute atomic E-state index is 0.195. The fourth-order valence-electron chi connectivity index (χ4n) is 1.18. The Morgan fingerprint density at radius 1 is 1.35 bits per heavy atom. The summed E-state index contributed by atoms with van der Waals surface area (Å²) in [7, 11) is 0. The van der Waals surface area contributed by atoms with Gasteiger partial charge in [-0.2, -0.15) is 0 Å². The van der Waals surface area contributed by atoms with E-state index in [1.807, 2.05) is 0 Å². The summed E-state index contributed by atoms with van der Waals surface area (Å²) in [6.07, 6.45) is -1.85. The van der Waals surface area contributed by atoms with Gasteiger partial charge >= 0.3 is 5.97 Å². The summed E-state index contributed by atoms with van der Waals surface area (Å²) in [5.74, 6) is -2.46. The highest BCUT2D eigenvalue weighted by atomic mass is 19.1. The minimum atomic E-state index is -1.65. The Morgan fingerprint density at radius 3 is 2.59 bits per heavy atom. The average molecular weight is 241 g/mol. The molecule has 0 saturated carbocycles. The lowest BCUT2D eigenvalue weighted by atomic mass is 10.1. The molecule has 1 amide bonds. The molecular formula is C11H12FNO4. The van der Waals surface area contributed by atoms with Gasteiger partial charge in [0.05, 0.1) is 13.0 Å². The fraction of sp³-hybridized carbons (Fsp3) is 0.273. The lowest BCUT2D eigenvalue weighted by Crippen LogP contribution is -2.37. The van der Waals surface area contributed by atoms with Crippen molar-refractivity contribution in [1.82, 2.24) is 5.32 Å². The topological polar surface area (TPSA) is 86.6 Å². The smallest absolute Gasteiger partial charge is 0.334 e. The van der Waals surface area contributed by atoms with Crippen LogP contribution in [0.3, 0.4) is 0 Å². The van der Waals surface area contributed by atoms with E-state index in [2.05, 4.69) is 5.32 Å². The molecule has 1 aromatic carbocycles. The number of nitrogens with one attached hydrogen (secondary N) is 1. The van der Waals surface area contributed by atoms with Crippen LogP contribution in [0.1, 0.15) is 5.56 Å². The van der Waals surface area contributed by atoms with Gasteiger partial charge in [-0.15, -0.1) is 0 Å². The van der Waals surface area contributed by atoms with Crippen LogP contribution < -0.4 is 5.32 Å². The van der Waals surface area contributed by atoms with Crippen molar-refractivity contribution in [2.75, 3.05) is 6.54 Å². The standard InChI is InChI=1S/C11H12FNO4/c12-8-4-2-1-3-7(8)5-10(15)13-6-9(14)11(16)17/h1-4,9,14H,5-6H2,(H,13,15)(H,16,17)/t9-/m0/s1. The highest BCUT2D eigenvalue weighted by molar-refractivity contribution is 5.80. The second-order valence-electron chi connectivity index (χ2n) is 3.43. The van der Waals surface area contributed by atoms with Gasteiger partial charge in [-0.1, -0.05) is 18.2 Å². The van der Waals surface area contributed by atoms with Gasteiger partial charge in [0.25, 0.3) is 0 Å². The number of hydrogen-bond acceptors (Lipinski definition) is 3. The molecule has 0 fully saturated rings. The third-order valence-electron chi connectivity index (χ3n) is 2.09. The number of halogens is 1. The molecule has 17 heavy (non-hydrogen) atoms. The van der Waals surface area contributed by atoms with Crippen LogP contribution in [0.25, 0.3) is 0 Å². The lowest BCUT2D eigenvalue weighted by Gasteiger charge is -2.08. The van der Waals surface area contributed by atoms with Crippen molar-refractivity contribution in [3.05, 3.63) is 35.6 Å². The molecule has 1 aromatic rings. The van der Waals surface area contributed by atoms with Crippen molar-refractivity contribution in [2.45, 2.75) is 12.5 Å². The zero-order valence-corrected chi connectivity index (χ0v) is 8.89. The number of aliphatic carboxylic acids is 1. The Balaban J connectivity index is 2.46. The first kappa shape index (κ1) is 13.1. The summed E-state index contributed by atoms with van der Waals surface area (Å²) in [5, 5.41) is 19.5. The van der Waals surface area contributed by atoms with Crippen LogP contribution in [0, 0.1) is 5.82 Å². The van der Waals surface area contributed by atoms with E-state index >= 15 is 0 Å². The van der Waals surface area contributed by atoms with Crippen molar-refractivity contribution < 1.29 is 24.2 Å². The summed E-state index contributed by atoms with van der Waals surface area (Å²) < 4.78 is 13.2. The molecule has 6 heteroatoms. The molecule has 0 radical (unpaired) electrons. The summed E-state index contributed by atoms with van der Waals surface area (Å²) in [5.41, 5.74) is 0.217. The first-order chi connectivity index (χ1) is 8.00. The van der Waals surface area contributed by atoms with E-state index in [1.165, 1.54) is 18.2 Å². The van der Waals surface area contributed by atoms with E-state index in [-0.39, 0.29) is 12.0 Å². The normalized spacial score (nSPS) is 11.9. The molecule has 1 atom stereocenters. The van der Waals surface area contributed by atoms with Gasteiger partial charge in [-0.3, -0.25) is 4.79 Å². The number of hydrogen-bond donors (Lipinski definition) is 3. The molecule has 0 aliphatic heterocycles. The van der Waals surface area contributed by atoms with Crippen LogP contribution in [-0.4, -0.2) is 34.7 Å². The predicted molar refractivity (Wildman–Crippen MR) is 56.8 cm³/mol. The third-order valence-corrected chi connectivity index (χ3v) is 2.09. The largest absolute Gasteiger partial charge is 0.479 e. The van der Waals surface area contributed by atoms with Gasteiger partial charge in [0.15, 0.2) is 6.10 Å². The number of amides is 1. The van der Waals surface area contributed by atoms with Crippen molar-refractivity contribution in [3.8, 4) is 0 Å². The number of carboxylic acids is 1. The van der Waals surface area contributed by atoms with Crippen LogP contribution in [0.15, 0.2) is 24.3 Å². The van der Waals surface area contributed by atoms with E-state index in [0.29, 0.717) is 0 Å².